The Hall–Kier alpha value is -1.08. The van der Waals surface area contributed by atoms with Crippen LogP contribution in [-0.2, 0) is 17.5 Å². The van der Waals surface area contributed by atoms with Crippen LogP contribution in [0.4, 0.5) is 13.2 Å². The third-order valence-electron chi connectivity index (χ3n) is 2.36. The van der Waals surface area contributed by atoms with E-state index in [2.05, 4.69) is 21.2 Å². The summed E-state index contributed by atoms with van der Waals surface area (Å²) in [5, 5.41) is 2.43. The number of hydrogen-bond acceptors (Lipinski definition) is 2. The minimum Gasteiger partial charge on any atom is -0.352 e. The molecule has 1 atom stereocenters. The van der Waals surface area contributed by atoms with Gasteiger partial charge in [0.25, 0.3) is 0 Å². The molecular weight excluding hydrogens is 325 g/mol. The fraction of sp³-hybridized carbons (Fsp3) is 0.417. The van der Waals surface area contributed by atoms with Crippen LogP contribution in [0.3, 0.4) is 0 Å². The number of nitrogens with two attached hydrogens (primary N) is 1. The lowest BCUT2D eigenvalue weighted by Crippen LogP contribution is -2.30. The van der Waals surface area contributed by atoms with Gasteiger partial charge in [-0.1, -0.05) is 22.0 Å². The number of alkyl halides is 3. The molecule has 1 aromatic rings. The molecule has 3 N–H and O–H groups in total. The number of carbonyl (C=O) groups excluding carboxylic acids is 1. The van der Waals surface area contributed by atoms with Gasteiger partial charge < -0.3 is 11.1 Å². The van der Waals surface area contributed by atoms with E-state index in [0.29, 0.717) is 4.47 Å². The molecule has 0 saturated heterocycles. The van der Waals surface area contributed by atoms with E-state index in [-0.39, 0.29) is 30.5 Å². The van der Waals surface area contributed by atoms with Crippen LogP contribution < -0.4 is 11.1 Å². The SMILES string of the molecule is CC(N)CC(=O)NCc1ccc(Br)cc1C(F)(F)F. The highest BCUT2D eigenvalue weighted by atomic mass is 79.9. The molecule has 106 valence electrons. The molecule has 0 heterocycles. The Labute approximate surface area is 117 Å². The van der Waals surface area contributed by atoms with Gasteiger partial charge in [0.15, 0.2) is 0 Å². The molecule has 1 amide bonds. The first kappa shape index (κ1) is 16.0. The highest BCUT2D eigenvalue weighted by Crippen LogP contribution is 2.33. The molecule has 0 radical (unpaired) electrons. The molecule has 0 spiro atoms. The van der Waals surface area contributed by atoms with Crippen LogP contribution in [0, 0.1) is 0 Å². The maximum Gasteiger partial charge on any atom is 0.416 e. The minimum absolute atomic E-state index is 0.0220. The second kappa shape index (κ2) is 6.38. The molecule has 0 aromatic heterocycles. The Kier molecular flexibility index (Phi) is 5.37. The van der Waals surface area contributed by atoms with Crippen molar-refractivity contribution in [1.82, 2.24) is 5.32 Å². The highest BCUT2D eigenvalue weighted by molar-refractivity contribution is 9.10. The first-order valence-electron chi connectivity index (χ1n) is 5.58. The maximum atomic E-state index is 12.8. The fourth-order valence-corrected chi connectivity index (χ4v) is 1.89. The molecule has 0 aliphatic rings. The summed E-state index contributed by atoms with van der Waals surface area (Å²) >= 11 is 3.00. The minimum atomic E-state index is -4.45. The van der Waals surface area contributed by atoms with Gasteiger partial charge in [-0.3, -0.25) is 4.79 Å². The van der Waals surface area contributed by atoms with Crippen molar-refractivity contribution in [1.29, 1.82) is 0 Å². The average Bonchev–Trinajstić information content (AvgIpc) is 2.25. The normalized spacial score (nSPS) is 13.2. The third kappa shape index (κ3) is 5.20. The van der Waals surface area contributed by atoms with Gasteiger partial charge in [0.1, 0.15) is 0 Å². The molecule has 0 aliphatic heterocycles. The molecule has 0 aliphatic carbocycles. The van der Waals surface area contributed by atoms with Gasteiger partial charge in [0.2, 0.25) is 5.91 Å². The van der Waals surface area contributed by atoms with Crippen LogP contribution in [0.15, 0.2) is 22.7 Å². The summed E-state index contributed by atoms with van der Waals surface area (Å²) < 4.78 is 38.8. The van der Waals surface area contributed by atoms with E-state index in [4.69, 9.17) is 5.73 Å². The van der Waals surface area contributed by atoms with Gasteiger partial charge >= 0.3 is 6.18 Å². The van der Waals surface area contributed by atoms with E-state index in [9.17, 15) is 18.0 Å². The molecular formula is C12H14BrF3N2O. The van der Waals surface area contributed by atoms with Crippen molar-refractivity contribution in [3.63, 3.8) is 0 Å². The summed E-state index contributed by atoms with van der Waals surface area (Å²) in [6.07, 6.45) is -4.37. The predicted octanol–water partition coefficient (Wildman–Crippen LogP) is 2.82. The predicted molar refractivity (Wildman–Crippen MR) is 69.3 cm³/mol. The van der Waals surface area contributed by atoms with Crippen molar-refractivity contribution in [2.45, 2.75) is 32.1 Å². The molecule has 7 heteroatoms. The summed E-state index contributed by atoms with van der Waals surface area (Å²) in [7, 11) is 0. The van der Waals surface area contributed by atoms with Gasteiger partial charge in [-0.2, -0.15) is 13.2 Å². The molecule has 1 rings (SSSR count). The van der Waals surface area contributed by atoms with E-state index in [1.807, 2.05) is 0 Å². The average molecular weight is 339 g/mol. The first-order chi connectivity index (χ1) is 8.70. The number of halogens is 4. The monoisotopic (exact) mass is 338 g/mol. The zero-order chi connectivity index (χ0) is 14.6. The Morgan fingerprint density at radius 3 is 2.63 bits per heavy atom. The van der Waals surface area contributed by atoms with Crippen molar-refractivity contribution in [2.75, 3.05) is 0 Å². The zero-order valence-corrected chi connectivity index (χ0v) is 11.8. The van der Waals surface area contributed by atoms with Crippen molar-refractivity contribution in [3.8, 4) is 0 Å². The number of carbonyl (C=O) groups is 1. The lowest BCUT2D eigenvalue weighted by Gasteiger charge is -2.14. The van der Waals surface area contributed by atoms with E-state index >= 15 is 0 Å². The van der Waals surface area contributed by atoms with Crippen LogP contribution in [0.2, 0.25) is 0 Å². The van der Waals surface area contributed by atoms with Gasteiger partial charge in [-0.25, -0.2) is 0 Å². The fourth-order valence-electron chi connectivity index (χ4n) is 1.53. The molecule has 0 fully saturated rings. The van der Waals surface area contributed by atoms with Crippen molar-refractivity contribution < 1.29 is 18.0 Å². The Balaban J connectivity index is 2.81. The number of amides is 1. The maximum absolute atomic E-state index is 12.8. The first-order valence-corrected chi connectivity index (χ1v) is 6.37. The van der Waals surface area contributed by atoms with Gasteiger partial charge in [-0.15, -0.1) is 0 Å². The number of nitrogens with one attached hydrogen (secondary N) is 1. The van der Waals surface area contributed by atoms with E-state index in [1.54, 1.807) is 6.92 Å². The molecule has 19 heavy (non-hydrogen) atoms. The molecule has 0 saturated carbocycles. The van der Waals surface area contributed by atoms with Crippen molar-refractivity contribution in [2.24, 2.45) is 5.73 Å². The van der Waals surface area contributed by atoms with Crippen LogP contribution in [0.25, 0.3) is 0 Å². The standard InChI is InChI=1S/C12H14BrF3N2O/c1-7(17)4-11(19)18-6-8-2-3-9(13)5-10(8)12(14,15)16/h2-3,5,7H,4,6,17H2,1H3,(H,18,19). The molecule has 0 bridgehead atoms. The van der Waals surface area contributed by atoms with Crippen LogP contribution in [-0.4, -0.2) is 11.9 Å². The van der Waals surface area contributed by atoms with E-state index in [1.165, 1.54) is 12.1 Å². The topological polar surface area (TPSA) is 55.1 Å². The Bertz CT molecular complexity index is 461. The van der Waals surface area contributed by atoms with Crippen LogP contribution >= 0.6 is 15.9 Å². The summed E-state index contributed by atoms with van der Waals surface area (Å²) in [5.41, 5.74) is 4.70. The van der Waals surface area contributed by atoms with Crippen molar-refractivity contribution in [3.05, 3.63) is 33.8 Å². The van der Waals surface area contributed by atoms with Gasteiger partial charge in [0.05, 0.1) is 5.56 Å². The Morgan fingerprint density at radius 1 is 1.47 bits per heavy atom. The van der Waals surface area contributed by atoms with Crippen molar-refractivity contribution >= 4 is 21.8 Å². The molecule has 1 unspecified atom stereocenters. The van der Waals surface area contributed by atoms with Gasteiger partial charge in [0, 0.05) is 23.5 Å². The number of benzene rings is 1. The molecule has 3 nitrogen and oxygen atoms in total. The number of rotatable bonds is 4. The van der Waals surface area contributed by atoms with Gasteiger partial charge in [-0.05, 0) is 24.6 Å². The second-order valence-corrected chi connectivity index (χ2v) is 5.17. The summed E-state index contributed by atoms with van der Waals surface area (Å²) in [6.45, 7) is 1.48. The summed E-state index contributed by atoms with van der Waals surface area (Å²) in [5.74, 6) is -0.369. The summed E-state index contributed by atoms with van der Waals surface area (Å²) in [4.78, 5) is 11.4. The smallest absolute Gasteiger partial charge is 0.352 e. The van der Waals surface area contributed by atoms with Crippen LogP contribution in [0.1, 0.15) is 24.5 Å². The Morgan fingerprint density at radius 2 is 2.11 bits per heavy atom. The lowest BCUT2D eigenvalue weighted by molar-refractivity contribution is -0.138. The summed E-state index contributed by atoms with van der Waals surface area (Å²) in [6, 6.07) is 3.50. The van der Waals surface area contributed by atoms with E-state index < -0.39 is 11.7 Å². The lowest BCUT2D eigenvalue weighted by atomic mass is 10.1. The second-order valence-electron chi connectivity index (χ2n) is 4.26. The zero-order valence-electron chi connectivity index (χ0n) is 10.2. The largest absolute Gasteiger partial charge is 0.416 e. The van der Waals surface area contributed by atoms with Crippen LogP contribution in [0.5, 0.6) is 0 Å². The molecule has 1 aromatic carbocycles. The third-order valence-corrected chi connectivity index (χ3v) is 2.85. The quantitative estimate of drug-likeness (QED) is 0.886. The van der Waals surface area contributed by atoms with E-state index in [0.717, 1.165) is 6.07 Å². The highest BCUT2D eigenvalue weighted by Gasteiger charge is 2.33. The number of hydrogen-bond donors (Lipinski definition) is 2.